The first-order chi connectivity index (χ1) is 9.12. The van der Waals surface area contributed by atoms with Crippen molar-refractivity contribution in [1.29, 1.82) is 0 Å². The molecule has 1 unspecified atom stereocenters. The van der Waals surface area contributed by atoms with Gasteiger partial charge in [0, 0.05) is 24.7 Å². The number of hydrogen-bond acceptors (Lipinski definition) is 3. The van der Waals surface area contributed by atoms with Gasteiger partial charge in [-0.1, -0.05) is 13.8 Å². The summed E-state index contributed by atoms with van der Waals surface area (Å²) in [5.74, 6) is -1.04. The van der Waals surface area contributed by atoms with Gasteiger partial charge in [0.05, 0.1) is 18.7 Å². The van der Waals surface area contributed by atoms with Crippen molar-refractivity contribution >= 4 is 11.9 Å². The lowest BCUT2D eigenvalue weighted by atomic mass is 9.85. The van der Waals surface area contributed by atoms with Crippen LogP contribution in [0.1, 0.15) is 50.9 Å². The van der Waals surface area contributed by atoms with Gasteiger partial charge >= 0.3 is 5.97 Å². The zero-order chi connectivity index (χ0) is 15.5. The molecule has 0 bridgehead atoms. The van der Waals surface area contributed by atoms with E-state index in [-0.39, 0.29) is 24.8 Å². The number of carboxylic acid groups (broad SMARTS) is 1. The molecule has 112 valence electrons. The van der Waals surface area contributed by atoms with Crippen LogP contribution < -0.4 is 5.32 Å². The molecule has 6 heteroatoms. The van der Waals surface area contributed by atoms with Crippen molar-refractivity contribution in [2.45, 2.75) is 46.6 Å². The Labute approximate surface area is 119 Å². The molecule has 0 fully saturated rings. The lowest BCUT2D eigenvalue weighted by Gasteiger charge is -2.23. The minimum Gasteiger partial charge on any atom is -0.481 e. The summed E-state index contributed by atoms with van der Waals surface area (Å²) in [7, 11) is 1.85. The smallest absolute Gasteiger partial charge is 0.303 e. The number of aliphatic carboxylic acids is 1. The highest BCUT2D eigenvalue weighted by molar-refractivity contribution is 5.78. The van der Waals surface area contributed by atoms with Gasteiger partial charge in [-0.2, -0.15) is 5.10 Å². The van der Waals surface area contributed by atoms with Crippen molar-refractivity contribution < 1.29 is 14.7 Å². The van der Waals surface area contributed by atoms with Crippen molar-refractivity contribution in [3.8, 4) is 0 Å². The third-order valence-electron chi connectivity index (χ3n) is 3.39. The Balaban J connectivity index is 2.62. The van der Waals surface area contributed by atoms with Gasteiger partial charge in [-0.05, 0) is 19.3 Å². The second-order valence-electron chi connectivity index (χ2n) is 6.01. The molecule has 1 rings (SSSR count). The van der Waals surface area contributed by atoms with Crippen molar-refractivity contribution in [3.63, 3.8) is 0 Å². The van der Waals surface area contributed by atoms with Crippen LogP contribution in [0.25, 0.3) is 0 Å². The first-order valence-electron chi connectivity index (χ1n) is 6.62. The molecule has 0 aliphatic heterocycles. The first-order valence-corrected chi connectivity index (χ1v) is 6.62. The van der Waals surface area contributed by atoms with Crippen molar-refractivity contribution in [2.75, 3.05) is 0 Å². The Morgan fingerprint density at radius 2 is 2.05 bits per heavy atom. The molecule has 0 spiro atoms. The molecule has 1 aromatic rings. The number of nitrogens with one attached hydrogen (secondary N) is 1. The monoisotopic (exact) mass is 281 g/mol. The fourth-order valence-electron chi connectivity index (χ4n) is 2.22. The van der Waals surface area contributed by atoms with Crippen LogP contribution in [-0.4, -0.2) is 26.8 Å². The lowest BCUT2D eigenvalue weighted by molar-refractivity contribution is -0.139. The topological polar surface area (TPSA) is 84.2 Å². The number of carbonyl (C=O) groups excluding carboxylic acids is 1. The van der Waals surface area contributed by atoms with Crippen LogP contribution >= 0.6 is 0 Å². The molecule has 0 aliphatic rings. The Bertz CT molecular complexity index is 506. The number of hydrogen-bond donors (Lipinski definition) is 2. The zero-order valence-corrected chi connectivity index (χ0v) is 12.7. The number of aryl methyl sites for hydroxylation is 1. The Morgan fingerprint density at radius 1 is 1.45 bits per heavy atom. The Kier molecular flexibility index (Phi) is 4.92. The van der Waals surface area contributed by atoms with E-state index in [1.54, 1.807) is 24.7 Å². The van der Waals surface area contributed by atoms with E-state index >= 15 is 0 Å². The highest BCUT2D eigenvalue weighted by atomic mass is 16.4. The van der Waals surface area contributed by atoms with Gasteiger partial charge < -0.3 is 10.4 Å². The molecule has 0 aliphatic carbocycles. The maximum atomic E-state index is 12.0. The van der Waals surface area contributed by atoms with Gasteiger partial charge in [-0.15, -0.1) is 0 Å². The van der Waals surface area contributed by atoms with E-state index in [0.717, 1.165) is 11.3 Å². The highest BCUT2D eigenvalue weighted by Crippen LogP contribution is 2.25. The third kappa shape index (κ3) is 4.36. The van der Waals surface area contributed by atoms with Gasteiger partial charge in [0.2, 0.25) is 5.91 Å². The summed E-state index contributed by atoms with van der Waals surface area (Å²) in [6, 6.07) is -0.142. The summed E-state index contributed by atoms with van der Waals surface area (Å²) < 4.78 is 1.76. The Morgan fingerprint density at radius 3 is 2.50 bits per heavy atom. The number of carboxylic acids is 1. The normalized spacial score (nSPS) is 13.1. The molecule has 1 heterocycles. The molecule has 1 aromatic heterocycles. The van der Waals surface area contributed by atoms with E-state index < -0.39 is 11.4 Å². The van der Waals surface area contributed by atoms with Crippen molar-refractivity contribution in [1.82, 2.24) is 15.1 Å². The molecule has 20 heavy (non-hydrogen) atoms. The minimum absolute atomic E-state index is 0.0271. The molecule has 0 radical (unpaired) electrons. The van der Waals surface area contributed by atoms with Crippen LogP contribution in [0.4, 0.5) is 0 Å². The van der Waals surface area contributed by atoms with E-state index in [2.05, 4.69) is 10.4 Å². The van der Waals surface area contributed by atoms with E-state index in [0.29, 0.717) is 0 Å². The summed E-state index contributed by atoms with van der Waals surface area (Å²) in [4.78, 5) is 22.8. The average Bonchev–Trinajstić information content (AvgIpc) is 2.56. The van der Waals surface area contributed by atoms with E-state index in [1.807, 2.05) is 20.9 Å². The van der Waals surface area contributed by atoms with Gasteiger partial charge in [0.15, 0.2) is 0 Å². The molecule has 2 N–H and O–H groups in total. The number of nitrogens with zero attached hydrogens (tertiary/aromatic N) is 2. The first kappa shape index (κ1) is 16.2. The molecule has 1 amide bonds. The molecular formula is C14H23N3O3. The van der Waals surface area contributed by atoms with E-state index in [1.165, 1.54) is 0 Å². The maximum absolute atomic E-state index is 12.0. The predicted octanol–water partition coefficient (Wildman–Crippen LogP) is 1.80. The average molecular weight is 281 g/mol. The fourth-order valence-corrected chi connectivity index (χ4v) is 2.22. The largest absolute Gasteiger partial charge is 0.481 e. The van der Waals surface area contributed by atoms with E-state index in [9.17, 15) is 9.59 Å². The number of carbonyl (C=O) groups is 2. The fraction of sp³-hybridized carbons (Fsp3) is 0.643. The summed E-state index contributed by atoms with van der Waals surface area (Å²) in [6.07, 6.45) is 1.90. The standard InChI is InChI=1S/C14H23N3O3/c1-9(11-8-15-17(5)10(11)2)16-12(18)6-14(3,4)7-13(19)20/h8-9H,6-7H2,1-5H3,(H,16,18)(H,19,20). The maximum Gasteiger partial charge on any atom is 0.303 e. The summed E-state index contributed by atoms with van der Waals surface area (Å²) >= 11 is 0. The van der Waals surface area contributed by atoms with Gasteiger partial charge in [0.1, 0.15) is 0 Å². The number of rotatable bonds is 6. The highest BCUT2D eigenvalue weighted by Gasteiger charge is 2.26. The molecule has 0 saturated heterocycles. The van der Waals surface area contributed by atoms with Crippen LogP contribution in [0.15, 0.2) is 6.20 Å². The molecule has 1 atom stereocenters. The Hall–Kier alpha value is -1.85. The van der Waals surface area contributed by atoms with Crippen LogP contribution in [0.5, 0.6) is 0 Å². The summed E-state index contributed by atoms with van der Waals surface area (Å²) in [5, 5.41) is 15.9. The summed E-state index contributed by atoms with van der Waals surface area (Å²) in [5.41, 5.74) is 1.42. The number of amides is 1. The van der Waals surface area contributed by atoms with Crippen molar-refractivity contribution in [2.24, 2.45) is 12.5 Å². The van der Waals surface area contributed by atoms with Gasteiger partial charge in [0.25, 0.3) is 0 Å². The van der Waals surface area contributed by atoms with Gasteiger partial charge in [-0.25, -0.2) is 0 Å². The van der Waals surface area contributed by atoms with Crippen LogP contribution in [0, 0.1) is 12.3 Å². The van der Waals surface area contributed by atoms with Crippen LogP contribution in [-0.2, 0) is 16.6 Å². The molecule has 0 aromatic carbocycles. The number of aromatic nitrogens is 2. The van der Waals surface area contributed by atoms with Crippen molar-refractivity contribution in [3.05, 3.63) is 17.5 Å². The lowest BCUT2D eigenvalue weighted by Crippen LogP contribution is -2.32. The van der Waals surface area contributed by atoms with Crippen LogP contribution in [0.2, 0.25) is 0 Å². The summed E-state index contributed by atoms with van der Waals surface area (Å²) in [6.45, 7) is 7.40. The SMILES string of the molecule is Cc1c(C(C)NC(=O)CC(C)(C)CC(=O)O)cnn1C. The van der Waals surface area contributed by atoms with Crippen LogP contribution in [0.3, 0.4) is 0 Å². The third-order valence-corrected chi connectivity index (χ3v) is 3.39. The molecule has 0 saturated carbocycles. The van der Waals surface area contributed by atoms with Gasteiger partial charge in [-0.3, -0.25) is 14.3 Å². The molecular weight excluding hydrogens is 258 g/mol. The second kappa shape index (κ2) is 6.07. The minimum atomic E-state index is -0.890. The molecule has 6 nitrogen and oxygen atoms in total. The zero-order valence-electron chi connectivity index (χ0n) is 12.7. The quantitative estimate of drug-likeness (QED) is 0.832. The second-order valence-corrected chi connectivity index (χ2v) is 6.01. The predicted molar refractivity (Wildman–Crippen MR) is 75.2 cm³/mol. The van der Waals surface area contributed by atoms with E-state index in [4.69, 9.17) is 5.11 Å².